The smallest absolute Gasteiger partial charge is 0.437 e. The zero-order valence-corrected chi connectivity index (χ0v) is 14.6. The molecule has 10 heteroatoms. The van der Waals surface area contributed by atoms with Gasteiger partial charge in [-0.3, -0.25) is 9.59 Å². The van der Waals surface area contributed by atoms with Gasteiger partial charge in [0.25, 0.3) is 5.91 Å². The lowest BCUT2D eigenvalue weighted by atomic mass is 10.2. The lowest BCUT2D eigenvalue weighted by molar-refractivity contribution is -0.155. The van der Waals surface area contributed by atoms with Gasteiger partial charge in [-0.25, -0.2) is 9.18 Å². The third-order valence-electron chi connectivity index (χ3n) is 3.93. The SMILES string of the molecule is CC1CN(C(=O)COC(=O)Cn2nc(-c3ccc(F)cc3)oc2=O)CCO1. The fourth-order valence-corrected chi connectivity index (χ4v) is 2.56. The summed E-state index contributed by atoms with van der Waals surface area (Å²) in [6.07, 6.45) is -0.0722. The standard InChI is InChI=1S/C17H18FN3O6/c1-11-8-20(6-7-25-11)14(22)10-26-15(23)9-21-17(24)27-16(19-21)12-2-4-13(18)5-3-12/h2-5,11H,6-10H2,1H3. The Morgan fingerprint density at radius 3 is 2.78 bits per heavy atom. The highest BCUT2D eigenvalue weighted by atomic mass is 19.1. The molecule has 2 aromatic rings. The second-order valence-corrected chi connectivity index (χ2v) is 6.02. The number of carbonyl (C=O) groups excluding carboxylic acids is 2. The van der Waals surface area contributed by atoms with E-state index in [1.807, 2.05) is 6.92 Å². The molecule has 0 bridgehead atoms. The van der Waals surface area contributed by atoms with Gasteiger partial charge in [-0.15, -0.1) is 5.10 Å². The van der Waals surface area contributed by atoms with E-state index in [2.05, 4.69) is 5.10 Å². The Bertz CT molecular complexity index is 876. The zero-order valence-electron chi connectivity index (χ0n) is 14.6. The van der Waals surface area contributed by atoms with Crippen molar-refractivity contribution in [3.05, 3.63) is 40.6 Å². The number of aromatic nitrogens is 2. The maximum atomic E-state index is 12.9. The van der Waals surface area contributed by atoms with E-state index >= 15 is 0 Å². The molecule has 27 heavy (non-hydrogen) atoms. The number of rotatable bonds is 5. The summed E-state index contributed by atoms with van der Waals surface area (Å²) in [5.74, 6) is -2.49. The van der Waals surface area contributed by atoms with E-state index in [9.17, 15) is 18.8 Å². The van der Waals surface area contributed by atoms with Gasteiger partial charge in [0.15, 0.2) is 6.61 Å². The minimum absolute atomic E-state index is 0.0498. The number of hydrogen-bond acceptors (Lipinski definition) is 7. The quantitative estimate of drug-likeness (QED) is 0.694. The number of nitrogens with zero attached hydrogens (tertiary/aromatic N) is 3. The highest BCUT2D eigenvalue weighted by Crippen LogP contribution is 2.15. The molecule has 1 atom stereocenters. The van der Waals surface area contributed by atoms with Gasteiger partial charge in [-0.05, 0) is 31.2 Å². The molecule has 0 spiro atoms. The molecule has 3 rings (SSSR count). The number of benzene rings is 1. The lowest BCUT2D eigenvalue weighted by Crippen LogP contribution is -2.46. The Balaban J connectivity index is 1.55. The summed E-state index contributed by atoms with van der Waals surface area (Å²) < 4.78 is 28.9. The largest absolute Gasteiger partial charge is 0.454 e. The van der Waals surface area contributed by atoms with Crippen molar-refractivity contribution in [2.24, 2.45) is 0 Å². The summed E-state index contributed by atoms with van der Waals surface area (Å²) in [5.41, 5.74) is 0.386. The van der Waals surface area contributed by atoms with Crippen LogP contribution in [0.4, 0.5) is 4.39 Å². The van der Waals surface area contributed by atoms with Gasteiger partial charge in [0.1, 0.15) is 12.4 Å². The van der Waals surface area contributed by atoms with E-state index in [4.69, 9.17) is 13.9 Å². The van der Waals surface area contributed by atoms with E-state index in [1.54, 1.807) is 4.90 Å². The molecule has 1 aliphatic rings. The third kappa shape index (κ3) is 4.79. The van der Waals surface area contributed by atoms with E-state index < -0.39 is 30.7 Å². The van der Waals surface area contributed by atoms with Crippen LogP contribution in [0.5, 0.6) is 0 Å². The van der Waals surface area contributed by atoms with Gasteiger partial charge in [-0.2, -0.15) is 4.68 Å². The van der Waals surface area contributed by atoms with Gasteiger partial charge in [0.2, 0.25) is 5.89 Å². The molecule has 1 aliphatic heterocycles. The zero-order chi connectivity index (χ0) is 19.4. The molecule has 1 fully saturated rings. The van der Waals surface area contributed by atoms with Crippen molar-refractivity contribution in [2.45, 2.75) is 19.6 Å². The van der Waals surface area contributed by atoms with Crippen molar-refractivity contribution in [3.63, 3.8) is 0 Å². The van der Waals surface area contributed by atoms with Gasteiger partial charge >= 0.3 is 11.7 Å². The second kappa shape index (κ2) is 8.12. The number of carbonyl (C=O) groups is 2. The van der Waals surface area contributed by atoms with Crippen molar-refractivity contribution in [3.8, 4) is 11.5 Å². The molecule has 0 N–H and O–H groups in total. The normalized spacial score (nSPS) is 17.0. The number of morpholine rings is 1. The van der Waals surface area contributed by atoms with Crippen molar-refractivity contribution in [2.75, 3.05) is 26.3 Å². The van der Waals surface area contributed by atoms with Gasteiger partial charge in [0, 0.05) is 18.7 Å². The molecule has 1 unspecified atom stereocenters. The highest BCUT2D eigenvalue weighted by molar-refractivity contribution is 5.80. The van der Waals surface area contributed by atoms with E-state index in [0.717, 1.165) is 4.68 Å². The van der Waals surface area contributed by atoms with Crippen molar-refractivity contribution < 1.29 is 27.9 Å². The van der Waals surface area contributed by atoms with Crippen LogP contribution in [0.25, 0.3) is 11.5 Å². The fourth-order valence-electron chi connectivity index (χ4n) is 2.56. The first-order valence-electron chi connectivity index (χ1n) is 8.31. The lowest BCUT2D eigenvalue weighted by Gasteiger charge is -2.30. The molecular formula is C17H18FN3O6. The first-order valence-corrected chi connectivity index (χ1v) is 8.31. The van der Waals surface area contributed by atoms with Crippen LogP contribution in [-0.4, -0.2) is 59.0 Å². The predicted octanol–water partition coefficient (Wildman–Crippen LogP) is 0.433. The van der Waals surface area contributed by atoms with Crippen LogP contribution in [0.2, 0.25) is 0 Å². The minimum Gasteiger partial charge on any atom is -0.454 e. The van der Waals surface area contributed by atoms with E-state index in [-0.39, 0.29) is 17.9 Å². The van der Waals surface area contributed by atoms with Gasteiger partial charge in [-0.1, -0.05) is 0 Å². The first kappa shape index (κ1) is 18.8. The topological polar surface area (TPSA) is 104 Å². The highest BCUT2D eigenvalue weighted by Gasteiger charge is 2.22. The Morgan fingerprint density at radius 2 is 2.07 bits per heavy atom. The maximum absolute atomic E-state index is 12.9. The average molecular weight is 379 g/mol. The molecule has 0 aliphatic carbocycles. The monoisotopic (exact) mass is 379 g/mol. The van der Waals surface area contributed by atoms with Crippen LogP contribution in [0, 0.1) is 5.82 Å². The van der Waals surface area contributed by atoms with Crippen molar-refractivity contribution >= 4 is 11.9 Å². The van der Waals surface area contributed by atoms with Crippen molar-refractivity contribution in [1.29, 1.82) is 0 Å². The summed E-state index contributed by atoms with van der Waals surface area (Å²) in [6.45, 7) is 2.21. The molecule has 1 aromatic carbocycles. The summed E-state index contributed by atoms with van der Waals surface area (Å²) in [5, 5.41) is 3.88. The van der Waals surface area contributed by atoms with E-state index in [0.29, 0.717) is 25.3 Å². The van der Waals surface area contributed by atoms with Gasteiger partial charge < -0.3 is 18.8 Å². The van der Waals surface area contributed by atoms with Crippen LogP contribution in [0.15, 0.2) is 33.5 Å². The second-order valence-electron chi connectivity index (χ2n) is 6.02. The van der Waals surface area contributed by atoms with Crippen LogP contribution in [0.1, 0.15) is 6.92 Å². The Hall–Kier alpha value is -3.01. The molecular weight excluding hydrogens is 361 g/mol. The number of amides is 1. The summed E-state index contributed by atoms with van der Waals surface area (Å²) in [6, 6.07) is 5.18. The molecule has 1 amide bonds. The van der Waals surface area contributed by atoms with Crippen molar-refractivity contribution in [1.82, 2.24) is 14.7 Å². The molecule has 144 valence electrons. The summed E-state index contributed by atoms with van der Waals surface area (Å²) in [4.78, 5) is 37.3. The Kier molecular flexibility index (Phi) is 5.65. The molecule has 0 saturated carbocycles. The average Bonchev–Trinajstić information content (AvgIpc) is 3.00. The predicted molar refractivity (Wildman–Crippen MR) is 89.1 cm³/mol. The molecule has 1 aromatic heterocycles. The molecule has 9 nitrogen and oxygen atoms in total. The Morgan fingerprint density at radius 1 is 1.33 bits per heavy atom. The molecule has 1 saturated heterocycles. The number of hydrogen-bond donors (Lipinski definition) is 0. The third-order valence-corrected chi connectivity index (χ3v) is 3.93. The molecule has 2 heterocycles. The minimum atomic E-state index is -0.861. The molecule has 0 radical (unpaired) electrons. The fraction of sp³-hybridized carbons (Fsp3) is 0.412. The van der Waals surface area contributed by atoms with E-state index in [1.165, 1.54) is 24.3 Å². The summed E-state index contributed by atoms with van der Waals surface area (Å²) in [7, 11) is 0. The first-order chi connectivity index (χ1) is 12.9. The number of halogens is 1. The van der Waals surface area contributed by atoms with Crippen LogP contribution < -0.4 is 5.76 Å². The number of ether oxygens (including phenoxy) is 2. The van der Waals surface area contributed by atoms with Crippen LogP contribution in [-0.2, 0) is 25.6 Å². The number of esters is 1. The Labute approximate surface area is 153 Å². The summed E-state index contributed by atoms with van der Waals surface area (Å²) >= 11 is 0. The maximum Gasteiger partial charge on any atom is 0.437 e. The van der Waals surface area contributed by atoms with Gasteiger partial charge in [0.05, 0.1) is 12.7 Å². The van der Waals surface area contributed by atoms with Crippen LogP contribution >= 0.6 is 0 Å². The van der Waals surface area contributed by atoms with Crippen LogP contribution in [0.3, 0.4) is 0 Å².